The van der Waals surface area contributed by atoms with Gasteiger partial charge in [-0.05, 0) is 11.8 Å². The number of nitrogens with one attached hydrogen (secondary N) is 3. The number of hydrogen-bond acceptors (Lipinski definition) is 63. The van der Waals surface area contributed by atoms with Gasteiger partial charge in [-0.3, -0.25) is 30.6 Å². The minimum absolute atomic E-state index is 0. The van der Waals surface area contributed by atoms with Crippen molar-refractivity contribution in [1.29, 1.82) is 0 Å². The monoisotopic (exact) mass is 2310 g/mol. The SMILES string of the molecule is CO[C@H]1O[C@H](C(=O)[O-])[C@H](O[C@@H]2O[C@@H](COS(=O)(=O)[O-])[C@H](OCC(=O)N(CCN=C([O-])CO[C@@H]3[C@@H](O)[C@H](NS(=O)(=O)[O-])[C@H](O[C@H]4C(C(=O)[O-])O[C@H](OC)[C@@H](OS(=O)(=O)[O-])[C@@H]4O)O[C@@H]3COS(=O)(=O)[O-])CCN=C([O-])CO[C@@H]3[C@@H](O)[C@H](NS(=O)(=O)[O-])[C@H](O[C@H]4C(C(=O)[O-])O[C@H](OC)[C@@H](OS(=O)(=O)O)[C@@H]4O)O[C@@H]3COS(=O)(=O)[O-])[C@H](O)[C@H]2NS(=O)(=O)[O-])[C@H](O)[C@@H]1OS(=O)(=O)O.[Na+].[Na+].[Na+].[Na+].[Na+].[Na+].[Na+].[Na+].[Na+].[Na+].[Na+].[Na+]. The van der Waals surface area contributed by atoms with E-state index in [0.29, 0.717) is 26.2 Å². The Balaban J connectivity index is -0.00000290. The van der Waals surface area contributed by atoms with Gasteiger partial charge in [0.05, 0.1) is 64.0 Å². The molecule has 740 valence electrons. The van der Waals surface area contributed by atoms with Gasteiger partial charge in [-0.2, -0.15) is 16.8 Å². The van der Waals surface area contributed by atoms with Crippen LogP contribution in [-0.4, -0.2) is 459 Å². The molecule has 0 saturated carbocycles. The maximum Gasteiger partial charge on any atom is 1.00 e. The second-order valence-corrected chi connectivity index (χ2v) is 35.6. The van der Waals surface area contributed by atoms with Crippen molar-refractivity contribution in [3.05, 3.63) is 0 Å². The number of hydrogen-bond donors (Lipinski definition) is 11. The Morgan fingerprint density at radius 2 is 0.568 bits per heavy atom. The molecule has 0 aromatic carbocycles. The Morgan fingerprint density at radius 3 is 0.777 bits per heavy atom. The fourth-order valence-electron chi connectivity index (χ4n) is 12.4. The van der Waals surface area contributed by atoms with Crippen LogP contribution >= 0.6 is 0 Å². The molecule has 0 aromatic heterocycles. The van der Waals surface area contributed by atoms with Crippen LogP contribution in [0.15, 0.2) is 9.98 Å². The molecule has 6 aliphatic heterocycles. The molecule has 2 unspecified atom stereocenters. The summed E-state index contributed by atoms with van der Waals surface area (Å²) in [7, 11) is -51.4. The molecule has 30 atom stereocenters. The van der Waals surface area contributed by atoms with Crippen molar-refractivity contribution in [1.82, 2.24) is 19.1 Å². The van der Waals surface area contributed by atoms with E-state index in [2.05, 4.69) is 35.1 Å². The number of aliphatic imine (C=N–C) groups is 2. The molecular formula is C49H70N6Na12O63S9. The third-order valence-corrected chi connectivity index (χ3v) is 21.7. The van der Waals surface area contributed by atoms with Gasteiger partial charge < -0.3 is 188 Å². The van der Waals surface area contributed by atoms with E-state index in [0.717, 1.165) is 9.44 Å². The summed E-state index contributed by atoms with van der Waals surface area (Å²) < 4.78 is 423. The molecule has 69 nitrogen and oxygen atoms in total. The molecule has 11 N–H and O–H groups in total. The van der Waals surface area contributed by atoms with Crippen molar-refractivity contribution < 1.29 is 643 Å². The number of carboxylic acid groups (broad SMARTS) is 3. The van der Waals surface area contributed by atoms with E-state index in [9.17, 15) is 192 Å². The molecule has 0 bridgehead atoms. The van der Waals surface area contributed by atoms with Crippen molar-refractivity contribution in [3.63, 3.8) is 0 Å². The number of nitrogens with zero attached hydrogens (tertiary/aromatic N) is 3. The van der Waals surface area contributed by atoms with Crippen LogP contribution in [0.4, 0.5) is 0 Å². The van der Waals surface area contributed by atoms with Crippen LogP contribution in [-0.2, 0) is 209 Å². The topological polar surface area (TPSA) is 1070 Å². The molecule has 0 spiro atoms. The van der Waals surface area contributed by atoms with Crippen LogP contribution in [0.25, 0.3) is 0 Å². The Kier molecular flexibility index (Phi) is 79.2. The number of aliphatic carboxylic acids is 3. The van der Waals surface area contributed by atoms with Crippen molar-refractivity contribution in [2.24, 2.45) is 9.98 Å². The number of carbonyl (C=O) groups excluding carboxylic acids is 4. The van der Waals surface area contributed by atoms with E-state index in [-0.39, 0.29) is 355 Å². The van der Waals surface area contributed by atoms with Gasteiger partial charge in [-0.25, -0.2) is 81.5 Å². The molecule has 0 radical (unpaired) electrons. The second kappa shape index (κ2) is 69.3. The summed E-state index contributed by atoms with van der Waals surface area (Å²) in [6.45, 7) is -15.0. The summed E-state index contributed by atoms with van der Waals surface area (Å²) in [5.74, 6) is -12.3. The van der Waals surface area contributed by atoms with Gasteiger partial charge in [0.25, 0.3) is 0 Å². The average molecular weight is 2320 g/mol. The predicted molar refractivity (Wildman–Crippen MR) is 353 cm³/mol. The van der Waals surface area contributed by atoms with Crippen molar-refractivity contribution in [2.75, 3.05) is 87.1 Å². The molecule has 6 saturated heterocycles. The zero-order chi connectivity index (χ0) is 96.3. The average Bonchev–Trinajstić information content (AvgIpc) is 0.771. The van der Waals surface area contributed by atoms with Crippen LogP contribution in [0.1, 0.15) is 0 Å². The van der Waals surface area contributed by atoms with Gasteiger partial charge in [0.15, 0.2) is 87.0 Å². The first kappa shape index (κ1) is 159. The first-order valence-electron chi connectivity index (χ1n) is 33.8. The number of ether oxygens (including phenoxy) is 15. The van der Waals surface area contributed by atoms with Crippen LogP contribution in [0.5, 0.6) is 0 Å². The van der Waals surface area contributed by atoms with Crippen molar-refractivity contribution in [3.8, 4) is 0 Å². The molecular weight excluding hydrogens is 2250 g/mol. The van der Waals surface area contributed by atoms with Crippen molar-refractivity contribution >= 4 is 129 Å². The number of aliphatic hydroxyl groups excluding tert-OH is 6. The summed E-state index contributed by atoms with van der Waals surface area (Å²) in [5, 5.41) is 133. The molecule has 0 aromatic rings. The smallest absolute Gasteiger partial charge is 0.860 e. The minimum atomic E-state index is -6.10. The second-order valence-electron chi connectivity index (χ2n) is 25.9. The maximum atomic E-state index is 14.4. The number of amides is 1. The number of carboxylic acids is 3. The molecule has 6 heterocycles. The fraction of sp³-hybridized carbons (Fsp3) is 0.878. The van der Waals surface area contributed by atoms with Crippen LogP contribution in [0.2, 0.25) is 0 Å². The molecule has 1 amide bonds. The molecule has 6 aliphatic rings. The van der Waals surface area contributed by atoms with Gasteiger partial charge in [-0.15, -0.1) is 0 Å². The quantitative estimate of drug-likeness (QED) is 0.00886. The predicted octanol–water partition coefficient (Wildman–Crippen LogP) is -60.7. The van der Waals surface area contributed by atoms with Crippen LogP contribution in [0.3, 0.4) is 0 Å². The first-order valence-corrected chi connectivity index (χ1v) is 46.1. The van der Waals surface area contributed by atoms with E-state index < -0.39 is 379 Å². The Bertz CT molecular complexity index is 4750. The molecule has 139 heavy (non-hydrogen) atoms. The summed E-state index contributed by atoms with van der Waals surface area (Å²) in [6.07, 6.45) is -72.9. The number of carbonyl (C=O) groups is 4. The van der Waals surface area contributed by atoms with Crippen LogP contribution in [0, 0.1) is 0 Å². The molecule has 0 aliphatic carbocycles. The van der Waals surface area contributed by atoms with Gasteiger partial charge in [0, 0.05) is 34.4 Å². The van der Waals surface area contributed by atoms with Gasteiger partial charge >= 0.3 is 375 Å². The zero-order valence-electron chi connectivity index (χ0n) is 74.9. The van der Waals surface area contributed by atoms with E-state index in [4.69, 9.17) is 71.1 Å². The normalized spacial score (nSPS) is 32.0. The number of rotatable bonds is 48. The van der Waals surface area contributed by atoms with Crippen molar-refractivity contribution in [2.45, 2.75) is 184 Å². The maximum absolute atomic E-state index is 14.4. The standard InChI is InChI=1S/C49H82N6O63S9.12Na/c1-98-47-35(116-125(89,90)91)26(62)32(38(113-47)41(65)66)110-44-20(52-119(71,72)73)23(59)29(14(107-44)8-104-122(80,81)82)101-11-17(56)50-4-6-55(19(58)13-103-31-16(10-106-124(86,87)88)109-46(22(25(31)61)54-121(77,78)79)112-34-28(64)37(118-127(95,96)97)49(100-3)115-40(34)43(69)70)7-5-51-18(57)12-102-30-15(9-105-123(83,84)85)108-45(21(24(30)60)53-120(74,75)76)111-33-27(63)36(117-126(92,93)94)48(99-2)114-39(33)42(67)68;;;;;;;;;;;;/h14-16,20-40,44-49,52-54,59-64H,4-13H2,1-3H3,(H,50,56)(H,51,57)(H,65,66)(H,67,68)(H,69,70)(H,71,72,73)(H,74,75,76)(H,77,78,79)(H,80,81,82)(H,83,84,85)(H,86,87,88)(H,89,90,91)(H,92,93,94)(H,95,96,97);;;;;;;;;;;;/q;12*+1/p-12/t14-,15-,16+,20+,21+,22-,23+,24+,25-,26-,27-,28+,29+,30+,31+,32-,33-,34-,35+,36+,37+,38?,39?,40+,44+,45+,46+,47+,48+,49+;;;;;;;;;;;;/m1............/s1. The summed E-state index contributed by atoms with van der Waals surface area (Å²) in [6, 6.07) is -8.48. The minimum Gasteiger partial charge on any atom is -0.860 e. The zero-order valence-corrected chi connectivity index (χ0v) is 106. The van der Waals surface area contributed by atoms with Gasteiger partial charge in [-0.1, -0.05) is 0 Å². The molecule has 90 heteroatoms. The number of methoxy groups -OCH3 is 3. The Morgan fingerprint density at radius 1 is 0.331 bits per heavy atom. The van der Waals surface area contributed by atoms with Gasteiger partial charge in [0.1, 0.15) is 135 Å². The first-order chi connectivity index (χ1) is 58.1. The van der Waals surface area contributed by atoms with E-state index in [1.807, 2.05) is 0 Å². The molecule has 6 rings (SSSR count). The van der Waals surface area contributed by atoms with Gasteiger partial charge in [0.2, 0.25) is 47.5 Å². The van der Waals surface area contributed by atoms with E-state index in [1.54, 1.807) is 0 Å². The molecule has 6 fully saturated rings. The Hall–Kier alpha value is 6.81. The fourth-order valence-corrected chi connectivity index (χ4v) is 16.5. The Labute approximate surface area is 1050 Å². The third kappa shape index (κ3) is 53.1. The van der Waals surface area contributed by atoms with Crippen LogP contribution < -0.4 is 394 Å². The summed E-state index contributed by atoms with van der Waals surface area (Å²) in [5.41, 5.74) is 0. The largest absolute Gasteiger partial charge is 1.00 e. The van der Waals surface area contributed by atoms with E-state index >= 15 is 0 Å². The van der Waals surface area contributed by atoms with E-state index in [1.165, 1.54) is 4.72 Å². The summed E-state index contributed by atoms with van der Waals surface area (Å²) >= 11 is 0. The number of aliphatic hydroxyl groups is 6. The summed E-state index contributed by atoms with van der Waals surface area (Å²) in [4.78, 5) is 58.8. The third-order valence-electron chi connectivity index (χ3n) is 17.4.